The highest BCUT2D eigenvalue weighted by Crippen LogP contribution is 2.34. The molecular weight excluding hydrogens is 296 g/mol. The molecule has 0 radical (unpaired) electrons. The van der Waals surface area contributed by atoms with Crippen LogP contribution < -0.4 is 5.32 Å². The van der Waals surface area contributed by atoms with Crippen molar-refractivity contribution >= 4 is 17.8 Å². The normalized spacial score (nSPS) is 17.2. The summed E-state index contributed by atoms with van der Waals surface area (Å²) in [4.78, 5) is 36.5. The van der Waals surface area contributed by atoms with E-state index in [1.54, 1.807) is 0 Å². The second-order valence-electron chi connectivity index (χ2n) is 5.82. The van der Waals surface area contributed by atoms with Crippen LogP contribution in [-0.2, 0) is 20.8 Å². The predicted octanol–water partition coefficient (Wildman–Crippen LogP) is 1.15. The van der Waals surface area contributed by atoms with E-state index in [4.69, 9.17) is 0 Å². The van der Waals surface area contributed by atoms with Crippen LogP contribution in [0, 0.1) is 0 Å². The van der Waals surface area contributed by atoms with Crippen molar-refractivity contribution in [2.45, 2.75) is 38.6 Å². The summed E-state index contributed by atoms with van der Waals surface area (Å²) in [7, 11) is 0. The van der Waals surface area contributed by atoms with Crippen molar-refractivity contribution in [2.24, 2.45) is 0 Å². The lowest BCUT2D eigenvalue weighted by molar-refractivity contribution is -0.150. The van der Waals surface area contributed by atoms with Gasteiger partial charge in [-0.25, -0.2) is 4.79 Å². The summed E-state index contributed by atoms with van der Waals surface area (Å²) in [5.41, 5.74) is 2.13. The van der Waals surface area contributed by atoms with Crippen molar-refractivity contribution in [3.63, 3.8) is 0 Å². The van der Waals surface area contributed by atoms with E-state index in [0.717, 1.165) is 17.5 Å². The van der Waals surface area contributed by atoms with Crippen LogP contribution in [0.4, 0.5) is 0 Å². The Balaban J connectivity index is 2.16. The lowest BCUT2D eigenvalue weighted by atomic mass is 9.99. The molecule has 0 heterocycles. The maximum Gasteiger partial charge on any atom is 0.326 e. The number of carboxylic acid groups (broad SMARTS) is 1. The van der Waals surface area contributed by atoms with Crippen molar-refractivity contribution < 1.29 is 19.5 Å². The van der Waals surface area contributed by atoms with Gasteiger partial charge in [-0.05, 0) is 30.9 Å². The Morgan fingerprint density at radius 3 is 2.70 bits per heavy atom. The highest BCUT2D eigenvalue weighted by atomic mass is 16.4. The fourth-order valence-corrected chi connectivity index (χ4v) is 2.99. The molecule has 1 aliphatic rings. The van der Waals surface area contributed by atoms with Crippen LogP contribution in [0.1, 0.15) is 37.3 Å². The van der Waals surface area contributed by atoms with Crippen LogP contribution in [0.25, 0.3) is 0 Å². The maximum atomic E-state index is 12.9. The predicted molar refractivity (Wildman–Crippen MR) is 85.0 cm³/mol. The average molecular weight is 318 g/mol. The molecule has 6 nitrogen and oxygen atoms in total. The van der Waals surface area contributed by atoms with Crippen molar-refractivity contribution in [3.8, 4) is 0 Å². The van der Waals surface area contributed by atoms with Crippen molar-refractivity contribution in [2.75, 3.05) is 13.1 Å². The number of hydrogen-bond donors (Lipinski definition) is 2. The number of fused-ring (bicyclic) bond motifs is 1. The zero-order valence-electron chi connectivity index (χ0n) is 13.4. The molecule has 2 N–H and O–H groups in total. The van der Waals surface area contributed by atoms with E-state index in [1.165, 1.54) is 18.7 Å². The molecule has 0 aliphatic heterocycles. The Hall–Kier alpha value is -2.37. The summed E-state index contributed by atoms with van der Waals surface area (Å²) in [6.07, 6.45) is 1.52. The summed E-state index contributed by atoms with van der Waals surface area (Å²) >= 11 is 0. The number of amides is 2. The number of aryl methyl sites for hydroxylation is 1. The standard InChI is InChI=1S/C17H22N2O4/c1-11(17(22)23)19(10-9-18-12(2)20)16(21)15-8-7-13-5-3-4-6-14(13)15/h3-6,11,15H,7-10H2,1-2H3,(H,18,20)(H,22,23). The van der Waals surface area contributed by atoms with Crippen LogP contribution in [0.5, 0.6) is 0 Å². The van der Waals surface area contributed by atoms with Crippen molar-refractivity contribution in [3.05, 3.63) is 35.4 Å². The molecule has 0 fully saturated rings. The number of aliphatic carboxylic acids is 1. The quantitative estimate of drug-likeness (QED) is 0.824. The lowest BCUT2D eigenvalue weighted by Gasteiger charge is -2.29. The minimum absolute atomic E-state index is 0.185. The van der Waals surface area contributed by atoms with E-state index in [2.05, 4.69) is 5.32 Å². The second kappa shape index (κ2) is 7.26. The molecule has 2 atom stereocenters. The summed E-state index contributed by atoms with van der Waals surface area (Å²) in [5.74, 6) is -1.74. The number of carbonyl (C=O) groups excluding carboxylic acids is 2. The van der Waals surface area contributed by atoms with Gasteiger partial charge in [0.25, 0.3) is 0 Å². The maximum absolute atomic E-state index is 12.9. The highest BCUT2D eigenvalue weighted by Gasteiger charge is 2.35. The Kier molecular flexibility index (Phi) is 5.36. The Morgan fingerprint density at radius 1 is 1.35 bits per heavy atom. The van der Waals surface area contributed by atoms with Crippen LogP contribution in [-0.4, -0.2) is 46.9 Å². The van der Waals surface area contributed by atoms with Gasteiger partial charge < -0.3 is 15.3 Å². The Morgan fingerprint density at radius 2 is 2.04 bits per heavy atom. The van der Waals surface area contributed by atoms with E-state index in [-0.39, 0.29) is 30.8 Å². The van der Waals surface area contributed by atoms with Crippen LogP contribution >= 0.6 is 0 Å². The summed E-state index contributed by atoms with van der Waals surface area (Å²) < 4.78 is 0. The lowest BCUT2D eigenvalue weighted by Crippen LogP contribution is -2.48. The molecule has 0 saturated heterocycles. The third kappa shape index (κ3) is 3.88. The molecule has 6 heteroatoms. The molecule has 0 aromatic heterocycles. The van der Waals surface area contributed by atoms with Crippen LogP contribution in [0.3, 0.4) is 0 Å². The van der Waals surface area contributed by atoms with Gasteiger partial charge in [0.05, 0.1) is 5.92 Å². The first-order valence-electron chi connectivity index (χ1n) is 7.77. The van der Waals surface area contributed by atoms with Crippen molar-refractivity contribution in [1.82, 2.24) is 10.2 Å². The first-order chi connectivity index (χ1) is 10.9. The molecule has 23 heavy (non-hydrogen) atoms. The minimum atomic E-state index is -1.05. The van der Waals surface area contributed by atoms with Gasteiger partial charge in [-0.2, -0.15) is 0 Å². The minimum Gasteiger partial charge on any atom is -0.480 e. The average Bonchev–Trinajstić information content (AvgIpc) is 2.94. The third-order valence-electron chi connectivity index (χ3n) is 4.27. The molecule has 1 aromatic carbocycles. The molecular formula is C17H22N2O4. The number of benzene rings is 1. The molecule has 2 rings (SSSR count). The molecule has 0 spiro atoms. The molecule has 0 saturated carbocycles. The Bertz CT molecular complexity index is 614. The Labute approximate surface area is 135 Å². The fraction of sp³-hybridized carbons (Fsp3) is 0.471. The number of rotatable bonds is 6. The first-order valence-corrected chi connectivity index (χ1v) is 7.77. The van der Waals surface area contributed by atoms with Gasteiger partial charge >= 0.3 is 5.97 Å². The molecule has 1 aliphatic carbocycles. The van der Waals surface area contributed by atoms with Gasteiger partial charge in [-0.15, -0.1) is 0 Å². The summed E-state index contributed by atoms with van der Waals surface area (Å²) in [6, 6.07) is 6.85. The van der Waals surface area contributed by atoms with Gasteiger partial charge in [0, 0.05) is 20.0 Å². The number of hydrogen-bond acceptors (Lipinski definition) is 3. The fourth-order valence-electron chi connectivity index (χ4n) is 2.99. The molecule has 2 amide bonds. The van der Waals surface area contributed by atoms with E-state index >= 15 is 0 Å². The number of nitrogens with zero attached hydrogens (tertiary/aromatic N) is 1. The first kappa shape index (κ1) is 17.0. The topological polar surface area (TPSA) is 86.7 Å². The van der Waals surface area contributed by atoms with Gasteiger partial charge in [0.2, 0.25) is 11.8 Å². The number of carboxylic acids is 1. The molecule has 0 bridgehead atoms. The van der Waals surface area contributed by atoms with Gasteiger partial charge in [-0.3, -0.25) is 9.59 Å². The zero-order valence-corrected chi connectivity index (χ0v) is 13.4. The van der Waals surface area contributed by atoms with Gasteiger partial charge in [0.1, 0.15) is 6.04 Å². The highest BCUT2D eigenvalue weighted by molar-refractivity contribution is 5.89. The third-order valence-corrected chi connectivity index (χ3v) is 4.27. The van der Waals surface area contributed by atoms with E-state index in [0.29, 0.717) is 6.42 Å². The van der Waals surface area contributed by atoms with Gasteiger partial charge in [0.15, 0.2) is 0 Å². The summed E-state index contributed by atoms with van der Waals surface area (Å²) in [5, 5.41) is 11.9. The SMILES string of the molecule is CC(=O)NCCN(C(=O)C1CCc2ccccc21)C(C)C(=O)O. The number of nitrogens with one attached hydrogen (secondary N) is 1. The zero-order chi connectivity index (χ0) is 17.0. The molecule has 1 aromatic rings. The van der Waals surface area contributed by atoms with Gasteiger partial charge in [-0.1, -0.05) is 24.3 Å². The van der Waals surface area contributed by atoms with E-state index < -0.39 is 12.0 Å². The monoisotopic (exact) mass is 318 g/mol. The van der Waals surface area contributed by atoms with Crippen LogP contribution in [0.15, 0.2) is 24.3 Å². The smallest absolute Gasteiger partial charge is 0.326 e. The molecule has 2 unspecified atom stereocenters. The van der Waals surface area contributed by atoms with Crippen molar-refractivity contribution in [1.29, 1.82) is 0 Å². The largest absolute Gasteiger partial charge is 0.480 e. The molecule has 124 valence electrons. The summed E-state index contributed by atoms with van der Waals surface area (Å²) in [6.45, 7) is 3.31. The number of carbonyl (C=O) groups is 3. The van der Waals surface area contributed by atoms with E-state index in [9.17, 15) is 19.5 Å². The van der Waals surface area contributed by atoms with E-state index in [1.807, 2.05) is 24.3 Å². The van der Waals surface area contributed by atoms with Crippen LogP contribution in [0.2, 0.25) is 0 Å². The second-order valence-corrected chi connectivity index (χ2v) is 5.82.